The van der Waals surface area contributed by atoms with E-state index in [9.17, 15) is 45.0 Å². The summed E-state index contributed by atoms with van der Waals surface area (Å²) >= 11 is 0. The molecule has 4 aliphatic carbocycles. The first-order valence-electron chi connectivity index (χ1n) is 28.7. The van der Waals surface area contributed by atoms with Crippen LogP contribution in [0.25, 0.3) is 22.3 Å². The van der Waals surface area contributed by atoms with Gasteiger partial charge in [-0.25, -0.2) is 24.7 Å². The Morgan fingerprint density at radius 2 is 0.915 bits per heavy atom. The van der Waals surface area contributed by atoms with Crippen LogP contribution in [0.15, 0.2) is 37.7 Å². The van der Waals surface area contributed by atoms with E-state index in [1.165, 1.54) is 0 Å². The highest BCUT2D eigenvalue weighted by molar-refractivity contribution is 5.86. The Bertz CT molecular complexity index is 2940. The number of hydrogen-bond acceptors (Lipinski definition) is 21. The Hall–Kier alpha value is -7.31. The standard InChI is InChI=1S/C53H78N20O9/c1-27(2)70-19-33(56-23-70)13-15-54-51-66-47(41-49(68-51)72(25-58-41)37-17-35(43(78)45(37)80)64-39(76)21-74)60-29-5-9-31(10-6-29)62-53(82)63-32-11-7-30(8-12-32)61-48-42-50(69-52(67-48)55-16-14-34-20-71(24-57-34)28(3)4)73(26-59-42)38-18-36(44(79)46(38)81)65-40(77)22-75/h19-20,23-32,35-38,43-46,74-75,78-81H,5-18,21-22H2,1-4H3,(H,64,76)(H,65,77)(H2,62,63,82)(H2,54,60,66,68)(H2,55,61,67,69)/t29-,30-,31-,32-,35-,36-,37+,38+,43+,44+,45-,46-/m0/s1. The predicted octanol–water partition coefficient (Wildman–Crippen LogP) is 0.563. The minimum absolute atomic E-state index is 0.00441. The number of anilines is 4. The summed E-state index contributed by atoms with van der Waals surface area (Å²) in [6.45, 7) is 7.83. The average Bonchev–Trinajstić information content (AvgIpc) is 4.18. The number of fused-ring (bicyclic) bond motifs is 2. The smallest absolute Gasteiger partial charge is 0.315 e. The Labute approximate surface area is 473 Å². The van der Waals surface area contributed by atoms with Crippen LogP contribution in [0, 0.1) is 0 Å². The molecule has 29 heteroatoms. The predicted molar refractivity (Wildman–Crippen MR) is 301 cm³/mol. The fraction of sp³-hybridized carbons (Fsp3) is 0.642. The van der Waals surface area contributed by atoms with Crippen LogP contribution in [-0.2, 0) is 22.4 Å². The molecule has 0 radical (unpaired) electrons. The van der Waals surface area contributed by atoms with Crippen LogP contribution in [0.1, 0.15) is 127 Å². The summed E-state index contributed by atoms with van der Waals surface area (Å²) in [7, 11) is 0. The van der Waals surface area contributed by atoms with Crippen molar-refractivity contribution in [3.63, 3.8) is 0 Å². The molecule has 4 aliphatic rings. The number of carbonyl (C=O) groups is 3. The highest BCUT2D eigenvalue weighted by Crippen LogP contribution is 2.37. The largest absolute Gasteiger partial charge is 0.388 e. The van der Waals surface area contributed by atoms with E-state index >= 15 is 0 Å². The number of aromatic nitrogens is 12. The van der Waals surface area contributed by atoms with Crippen molar-refractivity contribution in [3.8, 4) is 0 Å². The van der Waals surface area contributed by atoms with Gasteiger partial charge in [0.05, 0.1) is 60.9 Å². The molecule has 6 aromatic heterocycles. The normalized spacial score (nSPS) is 26.6. The fourth-order valence-electron chi connectivity index (χ4n) is 11.8. The SMILES string of the molecule is CC(C)n1cnc(CCNc2nc(N[C@H]3CC[C@H](NC(=O)N[C@H]4CC[C@H](Nc5nc(NCCc6cn(C(C)C)cn6)nc6c5ncn6[C@@H]5C[C@H](NC(=O)CO)[C@@H](O)[C@H]5O)CC4)CC3)c3ncn([C@@H]4C[C@H](NC(=O)CO)[C@@H](O)[C@H]4O)c3n2)c1. The lowest BCUT2D eigenvalue weighted by atomic mass is 9.90. The van der Waals surface area contributed by atoms with Crippen LogP contribution in [0.3, 0.4) is 0 Å². The summed E-state index contributed by atoms with van der Waals surface area (Å²) < 4.78 is 7.49. The van der Waals surface area contributed by atoms with Gasteiger partial charge in [0.25, 0.3) is 0 Å². The van der Waals surface area contributed by atoms with E-state index in [0.29, 0.717) is 71.8 Å². The number of carbonyl (C=O) groups excluding carboxylic acids is 3. The molecule has 4 amide bonds. The topological polar surface area (TPSA) is 392 Å². The van der Waals surface area contributed by atoms with Gasteiger partial charge in [0.1, 0.15) is 37.6 Å². The Kier molecular flexibility index (Phi) is 18.0. The molecule has 0 aromatic carbocycles. The van der Waals surface area contributed by atoms with E-state index in [0.717, 1.165) is 62.8 Å². The van der Waals surface area contributed by atoms with E-state index < -0.39 is 73.6 Å². The maximum absolute atomic E-state index is 13.5. The van der Waals surface area contributed by atoms with Crippen LogP contribution in [0.5, 0.6) is 0 Å². The molecule has 0 unspecified atom stereocenters. The lowest BCUT2D eigenvalue weighted by Gasteiger charge is -2.32. The van der Waals surface area contributed by atoms with Crippen LogP contribution in [0.4, 0.5) is 28.3 Å². The Balaban J connectivity index is 0.745. The van der Waals surface area contributed by atoms with E-state index in [-0.39, 0.29) is 55.1 Å². The molecule has 6 aromatic rings. The lowest BCUT2D eigenvalue weighted by molar-refractivity contribution is -0.126. The molecule has 0 aliphatic heterocycles. The molecular weight excluding hydrogens is 1060 g/mol. The Morgan fingerprint density at radius 3 is 1.28 bits per heavy atom. The van der Waals surface area contributed by atoms with Crippen molar-refractivity contribution in [1.82, 2.24) is 79.4 Å². The number of hydrogen-bond donors (Lipinski definition) is 14. The van der Waals surface area contributed by atoms with Crippen molar-refractivity contribution in [2.45, 2.75) is 190 Å². The maximum atomic E-state index is 13.5. The van der Waals surface area contributed by atoms with Gasteiger partial charge in [-0.3, -0.25) is 9.59 Å². The van der Waals surface area contributed by atoms with E-state index in [1.807, 2.05) is 34.2 Å². The third-order valence-electron chi connectivity index (χ3n) is 16.5. The monoisotopic (exact) mass is 1140 g/mol. The number of aliphatic hydroxyl groups excluding tert-OH is 6. The minimum Gasteiger partial charge on any atom is -0.388 e. The molecule has 8 atom stereocenters. The fourth-order valence-corrected chi connectivity index (χ4v) is 11.8. The van der Waals surface area contributed by atoms with Crippen LogP contribution < -0.4 is 42.5 Å². The summed E-state index contributed by atoms with van der Waals surface area (Å²) in [5, 5.41) is 88.3. The number of urea groups is 1. The quantitative estimate of drug-likeness (QED) is 0.0442. The molecule has 0 bridgehead atoms. The number of rotatable bonds is 22. The average molecular weight is 1140 g/mol. The highest BCUT2D eigenvalue weighted by Gasteiger charge is 2.45. The Morgan fingerprint density at radius 1 is 0.524 bits per heavy atom. The van der Waals surface area contributed by atoms with Gasteiger partial charge in [0.15, 0.2) is 34.0 Å². The second-order valence-electron chi connectivity index (χ2n) is 22.8. The van der Waals surface area contributed by atoms with Gasteiger partial charge in [-0.1, -0.05) is 0 Å². The van der Waals surface area contributed by atoms with Crippen molar-refractivity contribution in [2.24, 2.45) is 0 Å². The van der Waals surface area contributed by atoms with Gasteiger partial charge in [-0.05, 0) is 91.9 Å². The van der Waals surface area contributed by atoms with Gasteiger partial charge >= 0.3 is 6.03 Å². The molecule has 0 saturated heterocycles. The summed E-state index contributed by atoms with van der Waals surface area (Å²) in [5.41, 5.74) is 3.62. The summed E-state index contributed by atoms with van der Waals surface area (Å²) in [6.07, 6.45) is 13.1. The number of nitrogens with zero attached hydrogens (tertiary/aromatic N) is 12. The molecule has 6 heterocycles. The van der Waals surface area contributed by atoms with E-state index in [2.05, 4.69) is 90.2 Å². The van der Waals surface area contributed by atoms with Crippen LogP contribution in [0.2, 0.25) is 0 Å². The number of amides is 4. The third-order valence-corrected chi connectivity index (χ3v) is 16.5. The first-order chi connectivity index (χ1) is 39.5. The minimum atomic E-state index is -1.28. The highest BCUT2D eigenvalue weighted by atomic mass is 16.3. The van der Waals surface area contributed by atoms with Gasteiger partial charge in [-0.15, -0.1) is 0 Å². The molecule has 14 N–H and O–H groups in total. The number of imidazole rings is 4. The molecular formula is C53H78N20O9. The zero-order chi connectivity index (χ0) is 57.8. The van der Waals surface area contributed by atoms with E-state index in [1.54, 1.807) is 21.8 Å². The molecule has 82 heavy (non-hydrogen) atoms. The van der Waals surface area contributed by atoms with Crippen molar-refractivity contribution in [1.29, 1.82) is 0 Å². The molecule has 444 valence electrons. The van der Waals surface area contributed by atoms with Gasteiger partial charge < -0.3 is 91.4 Å². The third kappa shape index (κ3) is 13.1. The first-order valence-corrected chi connectivity index (χ1v) is 28.7. The second-order valence-corrected chi connectivity index (χ2v) is 22.8. The zero-order valence-corrected chi connectivity index (χ0v) is 46.6. The van der Waals surface area contributed by atoms with Gasteiger partial charge in [0.2, 0.25) is 23.7 Å². The van der Waals surface area contributed by atoms with Crippen molar-refractivity contribution in [3.05, 3.63) is 49.1 Å². The summed E-state index contributed by atoms with van der Waals surface area (Å²) in [5.74, 6) is 0.351. The van der Waals surface area contributed by atoms with Crippen molar-refractivity contribution < 1.29 is 45.0 Å². The summed E-state index contributed by atoms with van der Waals surface area (Å²) in [4.78, 5) is 75.4. The number of aliphatic hydroxyl groups is 6. The molecule has 10 rings (SSSR count). The molecule has 4 fully saturated rings. The first kappa shape index (κ1) is 57.9. The molecule has 0 spiro atoms. The van der Waals surface area contributed by atoms with Gasteiger partial charge in [0, 0.05) is 74.6 Å². The lowest BCUT2D eigenvalue weighted by Crippen LogP contribution is -2.49. The van der Waals surface area contributed by atoms with E-state index in [4.69, 9.17) is 19.9 Å². The van der Waals surface area contributed by atoms with Crippen molar-refractivity contribution >= 4 is 63.7 Å². The van der Waals surface area contributed by atoms with Gasteiger partial charge in [-0.2, -0.15) is 19.9 Å². The molecule has 4 saturated carbocycles. The van der Waals surface area contributed by atoms with Crippen LogP contribution >= 0.6 is 0 Å². The zero-order valence-electron chi connectivity index (χ0n) is 46.6. The maximum Gasteiger partial charge on any atom is 0.315 e. The molecule has 29 nitrogen and oxygen atoms in total. The second kappa shape index (κ2) is 25.5. The summed E-state index contributed by atoms with van der Waals surface area (Å²) in [6, 6.07) is -2.73. The number of nitrogens with one attached hydrogen (secondary N) is 8. The van der Waals surface area contributed by atoms with Crippen molar-refractivity contribution in [2.75, 3.05) is 47.6 Å². The van der Waals surface area contributed by atoms with Crippen LogP contribution in [-0.4, -0.2) is 194 Å².